The Bertz CT molecular complexity index is 817. The summed E-state index contributed by atoms with van der Waals surface area (Å²) in [5.74, 6) is 0.382. The molecular weight excluding hydrogens is 370 g/mol. The maximum Gasteiger partial charge on any atom is 0.262 e. The van der Waals surface area contributed by atoms with Gasteiger partial charge in [-0.3, -0.25) is 9.59 Å². The SMILES string of the molecule is Cc1cccc(NC(=O)COc2ccc(CCNC(=O)C3COCCN3)cc2)c1. The largest absolute Gasteiger partial charge is 0.484 e. The van der Waals surface area contributed by atoms with E-state index < -0.39 is 0 Å². The first kappa shape index (κ1) is 20.8. The lowest BCUT2D eigenvalue weighted by Gasteiger charge is -2.22. The van der Waals surface area contributed by atoms with Crippen LogP contribution in [0.4, 0.5) is 5.69 Å². The van der Waals surface area contributed by atoms with Gasteiger partial charge in [-0.05, 0) is 48.7 Å². The lowest BCUT2D eigenvalue weighted by molar-refractivity contribution is -0.125. The molecule has 0 aromatic heterocycles. The molecule has 2 aromatic rings. The Morgan fingerprint density at radius 1 is 1.21 bits per heavy atom. The van der Waals surface area contributed by atoms with Crippen LogP contribution in [0.5, 0.6) is 5.75 Å². The second-order valence-corrected chi connectivity index (χ2v) is 6.97. The van der Waals surface area contributed by atoms with E-state index in [1.54, 1.807) is 0 Å². The zero-order valence-electron chi connectivity index (χ0n) is 16.6. The molecule has 3 rings (SSSR count). The molecule has 1 heterocycles. The average Bonchev–Trinajstić information content (AvgIpc) is 2.74. The first-order valence-corrected chi connectivity index (χ1v) is 9.77. The molecule has 1 atom stereocenters. The maximum absolute atomic E-state index is 12.0. The van der Waals surface area contributed by atoms with Crippen LogP contribution in [0.15, 0.2) is 48.5 Å². The molecule has 2 aromatic carbocycles. The van der Waals surface area contributed by atoms with Crippen LogP contribution in [0.3, 0.4) is 0 Å². The Kier molecular flexibility index (Phi) is 7.61. The lowest BCUT2D eigenvalue weighted by atomic mass is 10.1. The molecule has 7 heteroatoms. The van der Waals surface area contributed by atoms with Crippen molar-refractivity contribution in [2.75, 3.05) is 38.2 Å². The number of carbonyl (C=O) groups is 2. The van der Waals surface area contributed by atoms with Crippen molar-refractivity contribution in [3.05, 3.63) is 59.7 Å². The highest BCUT2D eigenvalue weighted by molar-refractivity contribution is 5.91. The molecule has 29 heavy (non-hydrogen) atoms. The summed E-state index contributed by atoms with van der Waals surface area (Å²) in [4.78, 5) is 24.0. The second-order valence-electron chi connectivity index (χ2n) is 6.97. The van der Waals surface area contributed by atoms with E-state index >= 15 is 0 Å². The van der Waals surface area contributed by atoms with Crippen LogP contribution >= 0.6 is 0 Å². The van der Waals surface area contributed by atoms with Crippen LogP contribution in [-0.4, -0.2) is 50.8 Å². The maximum atomic E-state index is 12.0. The number of nitrogens with one attached hydrogen (secondary N) is 3. The molecule has 0 aliphatic carbocycles. The number of ether oxygens (including phenoxy) is 2. The standard InChI is InChI=1S/C22H27N3O4/c1-16-3-2-4-18(13-16)25-21(26)15-29-19-7-5-17(6-8-19)9-10-24-22(27)20-14-28-12-11-23-20/h2-8,13,20,23H,9-12,14-15H2,1H3,(H,24,27)(H,25,26). The van der Waals surface area contributed by atoms with Gasteiger partial charge in [0, 0.05) is 18.8 Å². The van der Waals surface area contributed by atoms with Gasteiger partial charge in [-0.2, -0.15) is 0 Å². The van der Waals surface area contributed by atoms with Crippen molar-refractivity contribution in [3.8, 4) is 5.75 Å². The summed E-state index contributed by atoms with van der Waals surface area (Å²) >= 11 is 0. The minimum absolute atomic E-state index is 0.0377. The molecule has 0 bridgehead atoms. The van der Waals surface area contributed by atoms with Gasteiger partial charge in [-0.1, -0.05) is 24.3 Å². The predicted octanol–water partition coefficient (Wildman–Crippen LogP) is 1.66. The van der Waals surface area contributed by atoms with Crippen LogP contribution in [0.1, 0.15) is 11.1 Å². The number of aryl methyl sites for hydroxylation is 1. The van der Waals surface area contributed by atoms with Gasteiger partial charge in [0.15, 0.2) is 6.61 Å². The second kappa shape index (κ2) is 10.6. The van der Waals surface area contributed by atoms with Gasteiger partial charge in [-0.15, -0.1) is 0 Å². The smallest absolute Gasteiger partial charge is 0.262 e. The fourth-order valence-electron chi connectivity index (χ4n) is 3.01. The monoisotopic (exact) mass is 397 g/mol. The van der Waals surface area contributed by atoms with E-state index in [-0.39, 0.29) is 24.5 Å². The third-order valence-corrected chi connectivity index (χ3v) is 4.55. The third kappa shape index (κ3) is 6.89. The molecule has 154 valence electrons. The highest BCUT2D eigenvalue weighted by Crippen LogP contribution is 2.13. The molecule has 0 spiro atoms. The van der Waals surface area contributed by atoms with Crippen LogP contribution in [0.25, 0.3) is 0 Å². The van der Waals surface area contributed by atoms with Crippen LogP contribution < -0.4 is 20.7 Å². The van der Waals surface area contributed by atoms with E-state index in [1.807, 2.05) is 55.5 Å². The van der Waals surface area contributed by atoms with Gasteiger partial charge >= 0.3 is 0 Å². The van der Waals surface area contributed by atoms with Crippen LogP contribution in [-0.2, 0) is 20.7 Å². The summed E-state index contributed by atoms with van der Waals surface area (Å²) in [6, 6.07) is 14.9. The number of rotatable bonds is 8. The van der Waals surface area contributed by atoms with Crippen molar-refractivity contribution in [1.29, 1.82) is 0 Å². The molecule has 1 aliphatic heterocycles. The fraction of sp³-hybridized carbons (Fsp3) is 0.364. The minimum Gasteiger partial charge on any atom is -0.484 e. The number of benzene rings is 2. The summed E-state index contributed by atoms with van der Waals surface area (Å²) in [5, 5.41) is 8.86. The van der Waals surface area contributed by atoms with Crippen LogP contribution in [0, 0.1) is 6.92 Å². The number of amides is 2. The Morgan fingerprint density at radius 3 is 2.76 bits per heavy atom. The highest BCUT2D eigenvalue weighted by Gasteiger charge is 2.20. The molecule has 0 saturated carbocycles. The van der Waals surface area contributed by atoms with E-state index in [0.29, 0.717) is 38.5 Å². The predicted molar refractivity (Wildman–Crippen MR) is 111 cm³/mol. The van der Waals surface area contributed by atoms with Crippen molar-refractivity contribution >= 4 is 17.5 Å². The Hall–Kier alpha value is -2.90. The molecule has 7 nitrogen and oxygen atoms in total. The van der Waals surface area contributed by atoms with Gasteiger partial charge in [0.25, 0.3) is 5.91 Å². The lowest BCUT2D eigenvalue weighted by Crippen LogP contribution is -2.51. The van der Waals surface area contributed by atoms with Crippen molar-refractivity contribution in [1.82, 2.24) is 10.6 Å². The number of anilines is 1. The summed E-state index contributed by atoms with van der Waals surface area (Å²) in [6.07, 6.45) is 0.716. The number of hydrogen-bond donors (Lipinski definition) is 3. The number of hydrogen-bond acceptors (Lipinski definition) is 5. The zero-order chi connectivity index (χ0) is 20.5. The molecule has 2 amide bonds. The van der Waals surface area contributed by atoms with Crippen molar-refractivity contribution in [2.45, 2.75) is 19.4 Å². The van der Waals surface area contributed by atoms with Gasteiger partial charge < -0.3 is 25.4 Å². The van der Waals surface area contributed by atoms with E-state index in [1.165, 1.54) is 0 Å². The fourth-order valence-corrected chi connectivity index (χ4v) is 3.01. The Balaban J connectivity index is 1.37. The molecule has 1 fully saturated rings. The van der Waals surface area contributed by atoms with E-state index in [0.717, 1.165) is 16.8 Å². The van der Waals surface area contributed by atoms with Crippen molar-refractivity contribution in [2.24, 2.45) is 0 Å². The van der Waals surface area contributed by atoms with E-state index in [4.69, 9.17) is 9.47 Å². The molecule has 0 radical (unpaired) electrons. The molecule has 3 N–H and O–H groups in total. The quantitative estimate of drug-likeness (QED) is 0.631. The topological polar surface area (TPSA) is 88.7 Å². The number of carbonyl (C=O) groups excluding carboxylic acids is 2. The first-order valence-electron chi connectivity index (χ1n) is 9.77. The summed E-state index contributed by atoms with van der Waals surface area (Å²) in [7, 11) is 0. The Labute approximate surface area is 170 Å². The van der Waals surface area contributed by atoms with E-state index in [2.05, 4.69) is 16.0 Å². The van der Waals surface area contributed by atoms with Gasteiger partial charge in [0.2, 0.25) is 5.91 Å². The third-order valence-electron chi connectivity index (χ3n) is 4.55. The van der Waals surface area contributed by atoms with Gasteiger partial charge in [0.05, 0.1) is 13.2 Å². The van der Waals surface area contributed by atoms with Crippen molar-refractivity contribution < 1.29 is 19.1 Å². The van der Waals surface area contributed by atoms with Crippen molar-refractivity contribution in [3.63, 3.8) is 0 Å². The summed E-state index contributed by atoms with van der Waals surface area (Å²) in [5.41, 5.74) is 2.92. The Morgan fingerprint density at radius 2 is 2.03 bits per heavy atom. The normalized spacial score (nSPS) is 16.1. The number of morpholine rings is 1. The molecular formula is C22H27N3O4. The highest BCUT2D eigenvalue weighted by atomic mass is 16.5. The first-order chi connectivity index (χ1) is 14.1. The molecule has 1 saturated heterocycles. The molecule has 1 unspecified atom stereocenters. The van der Waals surface area contributed by atoms with Gasteiger partial charge in [0.1, 0.15) is 11.8 Å². The van der Waals surface area contributed by atoms with Crippen LogP contribution in [0.2, 0.25) is 0 Å². The van der Waals surface area contributed by atoms with E-state index in [9.17, 15) is 9.59 Å². The zero-order valence-corrected chi connectivity index (χ0v) is 16.6. The van der Waals surface area contributed by atoms with Gasteiger partial charge in [-0.25, -0.2) is 0 Å². The summed E-state index contributed by atoms with van der Waals surface area (Å²) in [6.45, 7) is 4.22. The molecule has 1 aliphatic rings. The average molecular weight is 397 g/mol. The summed E-state index contributed by atoms with van der Waals surface area (Å²) < 4.78 is 10.8. The minimum atomic E-state index is -0.273.